The molecular weight excluding hydrogens is 514 g/mol. The lowest BCUT2D eigenvalue weighted by Crippen LogP contribution is -2.00. The molecule has 0 spiro atoms. The summed E-state index contributed by atoms with van der Waals surface area (Å²) in [6.45, 7) is 0. The SMILES string of the molecule is c1ccc(-c2nc(-c3ccccc3)nc(-c3cccc(-c4cc(-c5ccccn5)cc(-c5ccccn5)c4)c3)n2)cc1. The number of aromatic nitrogens is 5. The second-order valence-corrected chi connectivity index (χ2v) is 9.85. The average Bonchev–Trinajstić information content (AvgIpc) is 3.09. The molecule has 0 aliphatic heterocycles. The van der Waals surface area contributed by atoms with Gasteiger partial charge in [0.2, 0.25) is 0 Å². The van der Waals surface area contributed by atoms with E-state index in [2.05, 4.69) is 40.3 Å². The molecule has 3 aromatic heterocycles. The quantitative estimate of drug-likeness (QED) is 0.212. The molecule has 7 rings (SSSR count). The van der Waals surface area contributed by atoms with Gasteiger partial charge in [-0.1, -0.05) is 91.0 Å². The van der Waals surface area contributed by atoms with E-state index in [9.17, 15) is 0 Å². The fraction of sp³-hybridized carbons (Fsp3) is 0. The Morgan fingerprint density at radius 2 is 0.690 bits per heavy atom. The van der Waals surface area contributed by atoms with E-state index < -0.39 is 0 Å². The average molecular weight is 540 g/mol. The standard InChI is InChI=1S/C37H25N5/c1-3-12-26(13-4-1)35-40-36(27-14-5-2-6-15-27)42-37(41-35)29-17-11-16-28(22-29)30-23-31(33-18-7-9-20-38-33)25-32(24-30)34-19-8-10-21-39-34/h1-25H. The number of benzene rings is 4. The maximum atomic E-state index is 4.92. The summed E-state index contributed by atoms with van der Waals surface area (Å²) in [5, 5.41) is 0. The predicted octanol–water partition coefficient (Wildman–Crippen LogP) is 8.66. The largest absolute Gasteiger partial charge is 0.256 e. The van der Waals surface area contributed by atoms with Gasteiger partial charge in [-0.3, -0.25) is 9.97 Å². The van der Waals surface area contributed by atoms with E-state index in [1.54, 1.807) is 0 Å². The van der Waals surface area contributed by atoms with Gasteiger partial charge in [0.15, 0.2) is 17.5 Å². The van der Waals surface area contributed by atoms with Crippen LogP contribution in [-0.4, -0.2) is 24.9 Å². The van der Waals surface area contributed by atoms with Crippen molar-refractivity contribution >= 4 is 0 Å². The van der Waals surface area contributed by atoms with Crippen molar-refractivity contribution in [3.05, 3.63) is 152 Å². The van der Waals surface area contributed by atoms with Gasteiger partial charge < -0.3 is 0 Å². The Kier molecular flexibility index (Phi) is 6.81. The molecule has 5 nitrogen and oxygen atoms in total. The van der Waals surface area contributed by atoms with Crippen LogP contribution in [-0.2, 0) is 0 Å². The molecule has 7 aromatic rings. The van der Waals surface area contributed by atoms with E-state index in [0.717, 1.165) is 50.3 Å². The third kappa shape index (κ3) is 5.31. The molecule has 0 saturated carbocycles. The molecule has 5 heteroatoms. The van der Waals surface area contributed by atoms with E-state index in [0.29, 0.717) is 17.5 Å². The van der Waals surface area contributed by atoms with Crippen LogP contribution in [0.15, 0.2) is 152 Å². The van der Waals surface area contributed by atoms with Gasteiger partial charge in [0.05, 0.1) is 11.4 Å². The van der Waals surface area contributed by atoms with Crippen molar-refractivity contribution in [1.82, 2.24) is 24.9 Å². The minimum Gasteiger partial charge on any atom is -0.256 e. The fourth-order valence-electron chi connectivity index (χ4n) is 4.93. The summed E-state index contributed by atoms with van der Waals surface area (Å²) in [4.78, 5) is 23.9. The molecule has 0 unspecified atom stereocenters. The smallest absolute Gasteiger partial charge is 0.164 e. The van der Waals surface area contributed by atoms with E-state index in [1.165, 1.54) is 0 Å². The lowest BCUT2D eigenvalue weighted by atomic mass is 9.95. The van der Waals surface area contributed by atoms with E-state index >= 15 is 0 Å². The normalized spacial score (nSPS) is 10.9. The molecule has 4 aromatic carbocycles. The molecule has 0 fully saturated rings. The molecule has 0 aliphatic carbocycles. The summed E-state index contributed by atoms with van der Waals surface area (Å²) >= 11 is 0. The first-order chi connectivity index (χ1) is 20.8. The summed E-state index contributed by atoms with van der Waals surface area (Å²) in [5.41, 5.74) is 8.76. The van der Waals surface area contributed by atoms with Crippen LogP contribution < -0.4 is 0 Å². The molecule has 42 heavy (non-hydrogen) atoms. The molecule has 0 amide bonds. The van der Waals surface area contributed by atoms with Crippen LogP contribution in [0.1, 0.15) is 0 Å². The number of pyridine rings is 2. The predicted molar refractivity (Wildman–Crippen MR) is 168 cm³/mol. The van der Waals surface area contributed by atoms with Crippen molar-refractivity contribution in [1.29, 1.82) is 0 Å². The zero-order chi connectivity index (χ0) is 28.1. The summed E-state index contributed by atoms with van der Waals surface area (Å²) in [6.07, 6.45) is 3.64. The molecule has 0 N–H and O–H groups in total. The Hall–Kier alpha value is -5.81. The first kappa shape index (κ1) is 25.2. The minimum absolute atomic E-state index is 0.621. The van der Waals surface area contributed by atoms with Crippen LogP contribution in [0.5, 0.6) is 0 Å². The van der Waals surface area contributed by atoms with E-state index in [4.69, 9.17) is 15.0 Å². The fourth-order valence-corrected chi connectivity index (χ4v) is 4.93. The van der Waals surface area contributed by atoms with Crippen LogP contribution in [0.25, 0.3) is 67.8 Å². The van der Waals surface area contributed by atoms with Crippen LogP contribution >= 0.6 is 0 Å². The Balaban J connectivity index is 1.37. The second kappa shape index (κ2) is 11.4. The number of hydrogen-bond acceptors (Lipinski definition) is 5. The third-order valence-electron chi connectivity index (χ3n) is 7.01. The van der Waals surface area contributed by atoms with Gasteiger partial charge in [0.25, 0.3) is 0 Å². The van der Waals surface area contributed by atoms with Crippen molar-refractivity contribution in [2.24, 2.45) is 0 Å². The van der Waals surface area contributed by atoms with Gasteiger partial charge >= 0.3 is 0 Å². The Morgan fingerprint density at radius 3 is 1.19 bits per heavy atom. The van der Waals surface area contributed by atoms with Crippen molar-refractivity contribution < 1.29 is 0 Å². The van der Waals surface area contributed by atoms with E-state index in [1.807, 2.05) is 122 Å². The van der Waals surface area contributed by atoms with Gasteiger partial charge in [0.1, 0.15) is 0 Å². The lowest BCUT2D eigenvalue weighted by molar-refractivity contribution is 1.07. The first-order valence-electron chi connectivity index (χ1n) is 13.8. The highest BCUT2D eigenvalue weighted by Crippen LogP contribution is 2.33. The molecule has 0 atom stereocenters. The maximum absolute atomic E-state index is 4.92. The molecule has 198 valence electrons. The second-order valence-electron chi connectivity index (χ2n) is 9.85. The monoisotopic (exact) mass is 539 g/mol. The first-order valence-corrected chi connectivity index (χ1v) is 13.8. The highest BCUT2D eigenvalue weighted by molar-refractivity contribution is 5.81. The Morgan fingerprint density at radius 1 is 0.286 bits per heavy atom. The number of nitrogens with zero attached hydrogens (tertiary/aromatic N) is 5. The highest BCUT2D eigenvalue weighted by Gasteiger charge is 2.14. The molecule has 3 heterocycles. The van der Waals surface area contributed by atoms with Crippen LogP contribution in [0, 0.1) is 0 Å². The zero-order valence-corrected chi connectivity index (χ0v) is 22.7. The van der Waals surface area contributed by atoms with Gasteiger partial charge in [-0.15, -0.1) is 0 Å². The van der Waals surface area contributed by atoms with Gasteiger partial charge in [-0.25, -0.2) is 15.0 Å². The molecule has 0 saturated heterocycles. The molecular formula is C37H25N5. The molecule has 0 radical (unpaired) electrons. The lowest BCUT2D eigenvalue weighted by Gasteiger charge is -2.12. The minimum atomic E-state index is 0.621. The van der Waals surface area contributed by atoms with Crippen molar-refractivity contribution in [2.75, 3.05) is 0 Å². The van der Waals surface area contributed by atoms with Crippen LogP contribution in [0.4, 0.5) is 0 Å². The van der Waals surface area contributed by atoms with E-state index in [-0.39, 0.29) is 0 Å². The molecule has 0 bridgehead atoms. The zero-order valence-electron chi connectivity index (χ0n) is 22.7. The summed E-state index contributed by atoms with van der Waals surface area (Å²) < 4.78 is 0. The third-order valence-corrected chi connectivity index (χ3v) is 7.01. The van der Waals surface area contributed by atoms with Crippen LogP contribution in [0.2, 0.25) is 0 Å². The topological polar surface area (TPSA) is 64.5 Å². The summed E-state index contributed by atoms with van der Waals surface area (Å²) in [6, 6.07) is 46.8. The van der Waals surface area contributed by atoms with Crippen molar-refractivity contribution in [3.8, 4) is 67.8 Å². The maximum Gasteiger partial charge on any atom is 0.164 e. The Bertz CT molecular complexity index is 1700. The molecule has 0 aliphatic rings. The number of rotatable bonds is 6. The number of hydrogen-bond donors (Lipinski definition) is 0. The van der Waals surface area contributed by atoms with Crippen molar-refractivity contribution in [2.45, 2.75) is 0 Å². The van der Waals surface area contributed by atoms with Crippen molar-refractivity contribution in [3.63, 3.8) is 0 Å². The van der Waals surface area contributed by atoms with Gasteiger partial charge in [-0.05, 0) is 59.7 Å². The summed E-state index contributed by atoms with van der Waals surface area (Å²) in [7, 11) is 0. The Labute approximate surface area is 244 Å². The summed E-state index contributed by atoms with van der Waals surface area (Å²) in [5.74, 6) is 1.90. The highest BCUT2D eigenvalue weighted by atomic mass is 15.0. The van der Waals surface area contributed by atoms with Crippen LogP contribution in [0.3, 0.4) is 0 Å². The van der Waals surface area contributed by atoms with Gasteiger partial charge in [-0.2, -0.15) is 0 Å². The van der Waals surface area contributed by atoms with Gasteiger partial charge in [0, 0.05) is 40.2 Å².